The van der Waals surface area contributed by atoms with Gasteiger partial charge < -0.3 is 5.32 Å². The second-order valence-electron chi connectivity index (χ2n) is 2.84. The summed E-state index contributed by atoms with van der Waals surface area (Å²) in [5.41, 5.74) is 1.22. The number of hydrogen-bond acceptors (Lipinski definition) is 2. The summed E-state index contributed by atoms with van der Waals surface area (Å²) in [6.07, 6.45) is 3.13. The van der Waals surface area contributed by atoms with Crippen molar-refractivity contribution < 1.29 is 4.79 Å². The molecule has 1 N–H and O–H groups in total. The highest BCUT2D eigenvalue weighted by Gasteiger charge is 2.22. The van der Waals surface area contributed by atoms with Gasteiger partial charge in [0.25, 0.3) is 0 Å². The van der Waals surface area contributed by atoms with E-state index < -0.39 is 0 Å². The lowest BCUT2D eigenvalue weighted by atomic mass is 10.1. The molecule has 0 radical (unpaired) electrons. The summed E-state index contributed by atoms with van der Waals surface area (Å²) in [6.45, 7) is 3.68. The molecule has 62 valence electrons. The van der Waals surface area contributed by atoms with Crippen LogP contribution in [-0.2, 0) is 4.79 Å². The van der Waals surface area contributed by atoms with Gasteiger partial charge in [0, 0.05) is 16.0 Å². The third-order valence-corrected chi connectivity index (χ3v) is 2.37. The van der Waals surface area contributed by atoms with Crippen LogP contribution < -0.4 is 5.32 Å². The van der Waals surface area contributed by atoms with E-state index in [4.69, 9.17) is 0 Å². The molecule has 1 aliphatic carbocycles. The number of Topliss-reactive ketones (excluding diaryl/α,β-unsaturated/α-hetero) is 1. The number of rotatable bonds is 4. The van der Waals surface area contributed by atoms with Crippen molar-refractivity contribution in [2.24, 2.45) is 0 Å². The van der Waals surface area contributed by atoms with Gasteiger partial charge in [-0.1, -0.05) is 35.6 Å². The van der Waals surface area contributed by atoms with E-state index in [1.165, 1.54) is 5.70 Å². The number of nitrogens with one attached hydrogen (secondary N) is 1. The van der Waals surface area contributed by atoms with Crippen LogP contribution >= 0.6 is 22.6 Å². The summed E-state index contributed by atoms with van der Waals surface area (Å²) in [5.74, 6) is 0.222. The number of carbonyl (C=O) groups excluding carboxylic acids is 1. The van der Waals surface area contributed by atoms with Crippen LogP contribution in [0.25, 0.3) is 0 Å². The summed E-state index contributed by atoms with van der Waals surface area (Å²) in [7, 11) is 0. The first-order chi connectivity index (χ1) is 5.11. The summed E-state index contributed by atoms with van der Waals surface area (Å²) >= 11 is 2.27. The molecule has 0 aromatic heterocycles. The molecule has 2 nitrogen and oxygen atoms in total. The summed E-state index contributed by atoms with van der Waals surface area (Å²) in [6, 6.07) is 0.00403. The Morgan fingerprint density at radius 2 is 2.36 bits per heavy atom. The van der Waals surface area contributed by atoms with E-state index in [0.29, 0.717) is 3.92 Å². The maximum Gasteiger partial charge on any atom is 0.153 e. The quantitative estimate of drug-likeness (QED) is 0.618. The third-order valence-electron chi connectivity index (χ3n) is 1.65. The lowest BCUT2D eigenvalue weighted by Gasteiger charge is -2.17. The van der Waals surface area contributed by atoms with Gasteiger partial charge in [0.2, 0.25) is 0 Å². The van der Waals surface area contributed by atoms with E-state index >= 15 is 0 Å². The SMILES string of the molecule is CC(=O)C(NC1=CC1)C(C)I. The fraction of sp³-hybridized carbons (Fsp3) is 0.625. The molecule has 0 aromatic rings. The Hall–Kier alpha value is -0.0600. The molecule has 0 aliphatic heterocycles. The highest BCUT2D eigenvalue weighted by atomic mass is 127. The first-order valence-corrected chi connectivity index (χ1v) is 4.96. The molecule has 1 aliphatic rings. The van der Waals surface area contributed by atoms with Crippen molar-refractivity contribution in [2.75, 3.05) is 0 Å². The van der Waals surface area contributed by atoms with Gasteiger partial charge in [0.15, 0.2) is 5.78 Å². The van der Waals surface area contributed by atoms with Gasteiger partial charge in [-0.05, 0) is 6.92 Å². The van der Waals surface area contributed by atoms with Crippen molar-refractivity contribution in [3.63, 3.8) is 0 Å². The number of hydrogen-bond donors (Lipinski definition) is 1. The molecule has 0 bridgehead atoms. The van der Waals surface area contributed by atoms with Crippen molar-refractivity contribution in [2.45, 2.75) is 30.2 Å². The van der Waals surface area contributed by atoms with Crippen LogP contribution in [0, 0.1) is 0 Å². The largest absolute Gasteiger partial charge is 0.378 e. The zero-order valence-electron chi connectivity index (χ0n) is 6.73. The average molecular weight is 265 g/mol. The number of allylic oxidation sites excluding steroid dienone is 2. The van der Waals surface area contributed by atoms with Crippen LogP contribution in [0.4, 0.5) is 0 Å². The van der Waals surface area contributed by atoms with E-state index in [-0.39, 0.29) is 11.8 Å². The van der Waals surface area contributed by atoms with Crippen LogP contribution in [0.3, 0.4) is 0 Å². The lowest BCUT2D eigenvalue weighted by molar-refractivity contribution is -0.118. The summed E-state index contributed by atoms with van der Waals surface area (Å²) in [5, 5.41) is 3.19. The van der Waals surface area contributed by atoms with Gasteiger partial charge in [-0.2, -0.15) is 0 Å². The van der Waals surface area contributed by atoms with Crippen molar-refractivity contribution in [3.8, 4) is 0 Å². The molecule has 1 rings (SSSR count). The summed E-state index contributed by atoms with van der Waals surface area (Å²) in [4.78, 5) is 11.1. The molecule has 0 heterocycles. The smallest absolute Gasteiger partial charge is 0.153 e. The number of ketones is 1. The zero-order chi connectivity index (χ0) is 8.43. The fourth-order valence-electron chi connectivity index (χ4n) is 0.908. The van der Waals surface area contributed by atoms with Crippen LogP contribution in [-0.4, -0.2) is 15.7 Å². The lowest BCUT2D eigenvalue weighted by Crippen LogP contribution is -2.38. The minimum atomic E-state index is 0.00403. The Kier molecular flexibility index (Phi) is 2.92. The molecule has 0 fully saturated rings. The Morgan fingerprint density at radius 3 is 2.64 bits per heavy atom. The van der Waals surface area contributed by atoms with Gasteiger partial charge in [-0.25, -0.2) is 0 Å². The predicted octanol–water partition coefficient (Wildman–Crippen LogP) is 1.64. The van der Waals surface area contributed by atoms with Crippen molar-refractivity contribution in [3.05, 3.63) is 11.8 Å². The molecule has 0 aromatic carbocycles. The molecule has 0 saturated heterocycles. The Bertz CT molecular complexity index is 198. The Labute approximate surface area is 80.6 Å². The minimum absolute atomic E-state index is 0.00403. The normalized spacial score (nSPS) is 20.1. The van der Waals surface area contributed by atoms with Gasteiger partial charge in [0.1, 0.15) is 0 Å². The zero-order valence-corrected chi connectivity index (χ0v) is 8.88. The number of alkyl halides is 1. The summed E-state index contributed by atoms with van der Waals surface area (Å²) < 4.78 is 0.353. The molecule has 2 atom stereocenters. The first kappa shape index (κ1) is 9.03. The van der Waals surface area contributed by atoms with Crippen molar-refractivity contribution in [1.29, 1.82) is 0 Å². The van der Waals surface area contributed by atoms with Crippen molar-refractivity contribution >= 4 is 28.4 Å². The molecule has 0 saturated carbocycles. The van der Waals surface area contributed by atoms with Gasteiger partial charge >= 0.3 is 0 Å². The van der Waals surface area contributed by atoms with Gasteiger partial charge in [-0.15, -0.1) is 0 Å². The van der Waals surface area contributed by atoms with E-state index in [0.717, 1.165) is 6.42 Å². The number of carbonyl (C=O) groups is 1. The highest BCUT2D eigenvalue weighted by Crippen LogP contribution is 2.17. The van der Waals surface area contributed by atoms with E-state index in [2.05, 4.69) is 34.0 Å². The highest BCUT2D eigenvalue weighted by molar-refractivity contribution is 14.1. The van der Waals surface area contributed by atoms with E-state index in [1.807, 2.05) is 6.92 Å². The van der Waals surface area contributed by atoms with Gasteiger partial charge in [0.05, 0.1) is 6.04 Å². The Morgan fingerprint density at radius 1 is 1.82 bits per heavy atom. The maximum absolute atomic E-state index is 11.1. The molecular formula is C8H12INO. The second kappa shape index (κ2) is 3.56. The van der Waals surface area contributed by atoms with Crippen LogP contribution in [0.1, 0.15) is 20.3 Å². The molecule has 2 unspecified atom stereocenters. The standard InChI is InChI=1S/C8H12INO/c1-5(9)8(6(2)11)10-7-3-4-7/h3,5,8,10H,4H2,1-2H3. The topological polar surface area (TPSA) is 29.1 Å². The molecule has 11 heavy (non-hydrogen) atoms. The Balaban J connectivity index is 2.44. The third kappa shape index (κ3) is 2.81. The molecule has 0 spiro atoms. The van der Waals surface area contributed by atoms with E-state index in [1.54, 1.807) is 6.92 Å². The second-order valence-corrected chi connectivity index (χ2v) is 4.81. The minimum Gasteiger partial charge on any atom is -0.378 e. The average Bonchev–Trinajstić information content (AvgIpc) is 2.63. The van der Waals surface area contributed by atoms with Crippen molar-refractivity contribution in [1.82, 2.24) is 5.32 Å². The van der Waals surface area contributed by atoms with Crippen LogP contribution in [0.2, 0.25) is 0 Å². The van der Waals surface area contributed by atoms with Crippen LogP contribution in [0.15, 0.2) is 11.8 Å². The maximum atomic E-state index is 11.1. The molecule has 0 amide bonds. The van der Waals surface area contributed by atoms with Gasteiger partial charge in [-0.3, -0.25) is 4.79 Å². The number of halogens is 1. The fourth-order valence-corrected chi connectivity index (χ4v) is 1.59. The van der Waals surface area contributed by atoms with E-state index in [9.17, 15) is 4.79 Å². The predicted molar refractivity (Wildman–Crippen MR) is 53.8 cm³/mol. The molecule has 3 heteroatoms. The first-order valence-electron chi connectivity index (χ1n) is 3.71. The van der Waals surface area contributed by atoms with Crippen LogP contribution in [0.5, 0.6) is 0 Å². The monoisotopic (exact) mass is 265 g/mol. The molecular weight excluding hydrogens is 253 g/mol.